The number of hydrogen-bond acceptors (Lipinski definition) is 4. The molecule has 0 amide bonds. The average molecular weight is 526 g/mol. The normalized spacial score (nSPS) is 16.1. The first-order valence-electron chi connectivity index (χ1n) is 12.1. The lowest BCUT2D eigenvalue weighted by atomic mass is 9.96. The van der Waals surface area contributed by atoms with E-state index in [4.69, 9.17) is 4.42 Å². The Bertz CT molecular complexity index is 1140. The first kappa shape index (κ1) is 28.0. The van der Waals surface area contributed by atoms with E-state index in [9.17, 15) is 5.11 Å². The van der Waals surface area contributed by atoms with Gasteiger partial charge in [0.1, 0.15) is 5.76 Å². The van der Waals surface area contributed by atoms with Gasteiger partial charge in [0.25, 0.3) is 0 Å². The summed E-state index contributed by atoms with van der Waals surface area (Å²) in [5, 5.41) is 11.5. The SMILES string of the molecule is CC(O)(c1ccc(Cc2ccccc2)o1)N1CCN(C(c2ccccc2)c2ccccc2)CC1.Cl.Cl. The Morgan fingerprint density at radius 2 is 1.22 bits per heavy atom. The molecule has 0 saturated carbocycles. The van der Waals surface area contributed by atoms with Crippen LogP contribution < -0.4 is 0 Å². The standard InChI is InChI=1S/C30H32N2O2.2ClH/c1-30(33,28-18-17-27(34-28)23-24-11-5-2-6-12-24)32-21-19-31(20-22-32)29(25-13-7-3-8-14-25)26-15-9-4-10-16-26;;/h2-18,29,33H,19-23H2,1H3;2*1H. The van der Waals surface area contributed by atoms with Crippen LogP contribution in [0.5, 0.6) is 0 Å². The molecule has 1 atom stereocenters. The van der Waals surface area contributed by atoms with Crippen molar-refractivity contribution < 1.29 is 9.52 Å². The van der Waals surface area contributed by atoms with Gasteiger partial charge in [0.05, 0.1) is 6.04 Å². The zero-order valence-electron chi connectivity index (χ0n) is 20.5. The molecule has 0 radical (unpaired) electrons. The molecule has 0 bridgehead atoms. The molecule has 1 aromatic heterocycles. The highest BCUT2D eigenvalue weighted by Gasteiger charge is 2.38. The van der Waals surface area contributed by atoms with Gasteiger partial charge in [0, 0.05) is 32.6 Å². The van der Waals surface area contributed by atoms with E-state index in [1.807, 2.05) is 37.3 Å². The van der Waals surface area contributed by atoms with Gasteiger partial charge in [-0.15, -0.1) is 24.8 Å². The highest BCUT2D eigenvalue weighted by molar-refractivity contribution is 5.85. The van der Waals surface area contributed by atoms with Crippen LogP contribution in [0.1, 0.15) is 41.2 Å². The molecule has 1 aliphatic heterocycles. The lowest BCUT2D eigenvalue weighted by Crippen LogP contribution is -2.54. The summed E-state index contributed by atoms with van der Waals surface area (Å²) in [6.07, 6.45) is 0.723. The monoisotopic (exact) mass is 524 g/mol. The van der Waals surface area contributed by atoms with Crippen LogP contribution >= 0.6 is 24.8 Å². The molecule has 0 spiro atoms. The summed E-state index contributed by atoms with van der Waals surface area (Å²) in [7, 11) is 0. The quantitative estimate of drug-likeness (QED) is 0.308. The first-order chi connectivity index (χ1) is 16.6. The fraction of sp³-hybridized carbons (Fsp3) is 0.267. The molecule has 1 N–H and O–H groups in total. The number of furan rings is 1. The molecule has 4 nitrogen and oxygen atoms in total. The van der Waals surface area contributed by atoms with Gasteiger partial charge in [0.2, 0.25) is 0 Å². The van der Waals surface area contributed by atoms with Crippen molar-refractivity contribution in [2.75, 3.05) is 26.2 Å². The maximum Gasteiger partial charge on any atom is 0.174 e. The van der Waals surface area contributed by atoms with Gasteiger partial charge >= 0.3 is 0 Å². The third-order valence-corrected chi connectivity index (χ3v) is 6.88. The first-order valence-corrected chi connectivity index (χ1v) is 12.1. The van der Waals surface area contributed by atoms with Crippen molar-refractivity contribution in [2.45, 2.75) is 25.1 Å². The van der Waals surface area contributed by atoms with E-state index in [1.54, 1.807) is 0 Å². The second kappa shape index (κ2) is 12.6. The Labute approximate surface area is 226 Å². The third kappa shape index (κ3) is 6.20. The van der Waals surface area contributed by atoms with E-state index in [2.05, 4.69) is 82.6 Å². The Hall–Kier alpha value is -2.60. The summed E-state index contributed by atoms with van der Waals surface area (Å²) in [5.74, 6) is 1.47. The molecule has 2 heterocycles. The maximum absolute atomic E-state index is 11.5. The van der Waals surface area contributed by atoms with Crippen LogP contribution in [-0.4, -0.2) is 41.1 Å². The van der Waals surface area contributed by atoms with E-state index < -0.39 is 5.72 Å². The Balaban J connectivity index is 0.00000180. The van der Waals surface area contributed by atoms with Crippen molar-refractivity contribution in [1.29, 1.82) is 0 Å². The molecular formula is C30H34Cl2N2O2. The van der Waals surface area contributed by atoms with Crippen LogP contribution in [0.15, 0.2) is 108 Å². The molecule has 3 aromatic carbocycles. The Morgan fingerprint density at radius 1 is 0.722 bits per heavy atom. The Kier molecular flexibility index (Phi) is 9.77. The van der Waals surface area contributed by atoms with Crippen LogP contribution in [0.25, 0.3) is 0 Å². The van der Waals surface area contributed by atoms with Crippen molar-refractivity contribution in [3.05, 3.63) is 131 Å². The molecule has 0 aliphatic carbocycles. The van der Waals surface area contributed by atoms with E-state index in [-0.39, 0.29) is 30.9 Å². The molecule has 36 heavy (non-hydrogen) atoms. The molecule has 1 saturated heterocycles. The van der Waals surface area contributed by atoms with Crippen LogP contribution in [0, 0.1) is 0 Å². The topological polar surface area (TPSA) is 39.9 Å². The van der Waals surface area contributed by atoms with Gasteiger partial charge < -0.3 is 9.52 Å². The van der Waals surface area contributed by atoms with Gasteiger partial charge in [-0.3, -0.25) is 9.80 Å². The lowest BCUT2D eigenvalue weighted by molar-refractivity contribution is -0.132. The van der Waals surface area contributed by atoms with Gasteiger partial charge in [0.15, 0.2) is 11.5 Å². The zero-order chi connectivity index (χ0) is 23.4. The smallest absolute Gasteiger partial charge is 0.174 e. The number of hydrogen-bond donors (Lipinski definition) is 1. The maximum atomic E-state index is 11.5. The predicted octanol–water partition coefficient (Wildman–Crippen LogP) is 6.29. The molecule has 1 aliphatic rings. The van der Waals surface area contributed by atoms with E-state index in [0.29, 0.717) is 5.76 Å². The number of halogens is 2. The summed E-state index contributed by atoms with van der Waals surface area (Å²) in [6, 6.07) is 35.8. The van der Waals surface area contributed by atoms with Crippen molar-refractivity contribution in [3.8, 4) is 0 Å². The second-order valence-corrected chi connectivity index (χ2v) is 9.20. The predicted molar refractivity (Wildman–Crippen MR) is 150 cm³/mol. The number of nitrogens with zero attached hydrogens (tertiary/aromatic N) is 2. The minimum Gasteiger partial charge on any atom is -0.461 e. The van der Waals surface area contributed by atoms with Gasteiger partial charge in [-0.25, -0.2) is 0 Å². The highest BCUT2D eigenvalue weighted by atomic mass is 35.5. The Morgan fingerprint density at radius 3 is 1.75 bits per heavy atom. The molecule has 1 unspecified atom stereocenters. The molecule has 5 rings (SSSR count). The summed E-state index contributed by atoms with van der Waals surface area (Å²) >= 11 is 0. The van der Waals surface area contributed by atoms with E-state index in [0.717, 1.165) is 38.4 Å². The fourth-order valence-corrected chi connectivity index (χ4v) is 4.98. The van der Waals surface area contributed by atoms with E-state index >= 15 is 0 Å². The summed E-state index contributed by atoms with van der Waals surface area (Å²) in [5.41, 5.74) is 2.65. The minimum absolute atomic E-state index is 0. The number of benzene rings is 3. The molecule has 4 aromatic rings. The average Bonchev–Trinajstić information content (AvgIpc) is 3.36. The number of piperazine rings is 1. The third-order valence-electron chi connectivity index (χ3n) is 6.88. The van der Waals surface area contributed by atoms with Crippen molar-refractivity contribution in [3.63, 3.8) is 0 Å². The highest BCUT2D eigenvalue weighted by Crippen LogP contribution is 2.33. The zero-order valence-corrected chi connectivity index (χ0v) is 22.1. The van der Waals surface area contributed by atoms with E-state index in [1.165, 1.54) is 16.7 Å². The van der Waals surface area contributed by atoms with Crippen molar-refractivity contribution >= 4 is 24.8 Å². The summed E-state index contributed by atoms with van der Waals surface area (Å²) in [4.78, 5) is 4.64. The molecular weight excluding hydrogens is 491 g/mol. The van der Waals surface area contributed by atoms with Gasteiger partial charge in [-0.2, -0.15) is 0 Å². The largest absolute Gasteiger partial charge is 0.461 e. The van der Waals surface area contributed by atoms with Crippen molar-refractivity contribution in [1.82, 2.24) is 9.80 Å². The number of aliphatic hydroxyl groups is 1. The number of rotatable bonds is 7. The van der Waals surface area contributed by atoms with Crippen LogP contribution in [-0.2, 0) is 12.1 Å². The van der Waals surface area contributed by atoms with Gasteiger partial charge in [-0.1, -0.05) is 91.0 Å². The molecule has 190 valence electrons. The molecule has 6 heteroatoms. The summed E-state index contributed by atoms with van der Waals surface area (Å²) in [6.45, 7) is 5.10. The van der Waals surface area contributed by atoms with Crippen molar-refractivity contribution in [2.24, 2.45) is 0 Å². The van der Waals surface area contributed by atoms with Crippen LogP contribution in [0.4, 0.5) is 0 Å². The second-order valence-electron chi connectivity index (χ2n) is 9.20. The molecule has 1 fully saturated rings. The van der Waals surface area contributed by atoms with Crippen LogP contribution in [0.3, 0.4) is 0 Å². The summed E-state index contributed by atoms with van der Waals surface area (Å²) < 4.78 is 6.11. The fourth-order valence-electron chi connectivity index (χ4n) is 4.98. The lowest BCUT2D eigenvalue weighted by Gasteiger charge is -2.44. The minimum atomic E-state index is -1.14. The van der Waals surface area contributed by atoms with Crippen LogP contribution in [0.2, 0.25) is 0 Å². The van der Waals surface area contributed by atoms with Gasteiger partial charge in [-0.05, 0) is 35.7 Å².